The molecule has 2 atom stereocenters. The second-order valence-corrected chi connectivity index (χ2v) is 5.77. The second kappa shape index (κ2) is 3.81. The van der Waals surface area contributed by atoms with Gasteiger partial charge in [-0.15, -0.1) is 0 Å². The van der Waals surface area contributed by atoms with Gasteiger partial charge in [0.2, 0.25) is 0 Å². The Morgan fingerprint density at radius 1 is 1.17 bits per heavy atom. The van der Waals surface area contributed by atoms with Gasteiger partial charge in [0.25, 0.3) is 0 Å². The van der Waals surface area contributed by atoms with E-state index in [0.717, 1.165) is 11.8 Å². The molecule has 0 aliphatic heterocycles. The first kappa shape index (κ1) is 10.1. The van der Waals surface area contributed by atoms with Gasteiger partial charge in [-0.05, 0) is 30.1 Å². The van der Waals surface area contributed by atoms with Crippen molar-refractivity contribution in [1.29, 1.82) is 0 Å². The summed E-state index contributed by atoms with van der Waals surface area (Å²) in [5.41, 5.74) is 0.544. The van der Waals surface area contributed by atoms with Crippen LogP contribution in [-0.4, -0.2) is 0 Å². The van der Waals surface area contributed by atoms with E-state index in [1.807, 2.05) is 0 Å². The highest BCUT2D eigenvalue weighted by Gasteiger charge is 2.24. The average molecular weight is 168 g/mol. The summed E-state index contributed by atoms with van der Waals surface area (Å²) in [5.74, 6) is 2.05. The van der Waals surface area contributed by atoms with Gasteiger partial charge in [-0.1, -0.05) is 47.0 Å². The van der Waals surface area contributed by atoms with E-state index < -0.39 is 0 Å². The van der Waals surface area contributed by atoms with Gasteiger partial charge in [-0.2, -0.15) is 0 Å². The summed E-state index contributed by atoms with van der Waals surface area (Å²) in [6.45, 7) is 9.49. The Hall–Kier alpha value is 0. The lowest BCUT2D eigenvalue weighted by Crippen LogP contribution is -2.10. The van der Waals surface area contributed by atoms with Gasteiger partial charge in [0.05, 0.1) is 0 Å². The normalized spacial score (nSPS) is 31.0. The monoisotopic (exact) mass is 168 g/mol. The molecule has 0 radical (unpaired) electrons. The van der Waals surface area contributed by atoms with E-state index in [1.165, 1.54) is 32.1 Å². The Bertz CT molecular complexity index is 129. The molecule has 0 spiro atoms. The highest BCUT2D eigenvalue weighted by atomic mass is 14.3. The molecule has 0 aromatic carbocycles. The first-order chi connectivity index (χ1) is 5.49. The lowest BCUT2D eigenvalue weighted by Gasteiger charge is -2.22. The van der Waals surface area contributed by atoms with Gasteiger partial charge in [0.15, 0.2) is 0 Å². The Morgan fingerprint density at radius 2 is 1.83 bits per heavy atom. The molecule has 1 saturated carbocycles. The predicted octanol–water partition coefficient (Wildman–Crippen LogP) is 4.25. The summed E-state index contributed by atoms with van der Waals surface area (Å²) < 4.78 is 0. The second-order valence-electron chi connectivity index (χ2n) is 5.77. The van der Waals surface area contributed by atoms with Crippen molar-refractivity contribution in [2.45, 2.75) is 59.8 Å². The lowest BCUT2D eigenvalue weighted by molar-refractivity contribution is 0.293. The first-order valence-electron chi connectivity index (χ1n) is 5.49. The summed E-state index contributed by atoms with van der Waals surface area (Å²) in [6.07, 6.45) is 7.33. The molecule has 0 nitrogen and oxygen atoms in total. The molecular formula is C12H24. The zero-order chi connectivity index (χ0) is 9.19. The van der Waals surface area contributed by atoms with Crippen LogP contribution in [0.15, 0.2) is 0 Å². The number of hydrogen-bond acceptors (Lipinski definition) is 0. The fraction of sp³-hybridized carbons (Fsp3) is 1.00. The summed E-state index contributed by atoms with van der Waals surface area (Å²) in [6, 6.07) is 0. The van der Waals surface area contributed by atoms with Crippen LogP contribution in [0.5, 0.6) is 0 Å². The van der Waals surface area contributed by atoms with Gasteiger partial charge in [0.1, 0.15) is 0 Å². The maximum Gasteiger partial charge on any atom is -0.0383 e. The first-order valence-corrected chi connectivity index (χ1v) is 5.49. The summed E-state index contributed by atoms with van der Waals surface area (Å²) >= 11 is 0. The lowest BCUT2D eigenvalue weighted by atomic mass is 9.84. The fourth-order valence-corrected chi connectivity index (χ4v) is 2.27. The van der Waals surface area contributed by atoms with E-state index in [2.05, 4.69) is 27.7 Å². The van der Waals surface area contributed by atoms with E-state index in [1.54, 1.807) is 0 Å². The Kier molecular flexibility index (Phi) is 3.20. The van der Waals surface area contributed by atoms with E-state index in [0.29, 0.717) is 5.41 Å². The van der Waals surface area contributed by atoms with Gasteiger partial charge in [-0.25, -0.2) is 0 Å². The van der Waals surface area contributed by atoms with Gasteiger partial charge < -0.3 is 0 Å². The van der Waals surface area contributed by atoms with Crippen LogP contribution in [-0.2, 0) is 0 Å². The number of rotatable bonds is 2. The van der Waals surface area contributed by atoms with Crippen molar-refractivity contribution >= 4 is 0 Å². The zero-order valence-electron chi connectivity index (χ0n) is 9.19. The zero-order valence-corrected chi connectivity index (χ0v) is 9.19. The van der Waals surface area contributed by atoms with E-state index in [-0.39, 0.29) is 0 Å². The van der Waals surface area contributed by atoms with Crippen LogP contribution in [0.3, 0.4) is 0 Å². The maximum absolute atomic E-state index is 2.43. The molecule has 0 heteroatoms. The molecule has 2 unspecified atom stereocenters. The van der Waals surface area contributed by atoms with Crippen molar-refractivity contribution in [3.05, 3.63) is 0 Å². The molecule has 1 aliphatic rings. The Balaban J connectivity index is 2.23. The third kappa shape index (κ3) is 3.16. The third-order valence-electron chi connectivity index (χ3n) is 3.30. The Labute approximate surface area is 77.7 Å². The minimum atomic E-state index is 0.544. The van der Waals surface area contributed by atoms with E-state index in [4.69, 9.17) is 0 Å². The van der Waals surface area contributed by atoms with Gasteiger partial charge in [-0.3, -0.25) is 0 Å². The standard InChI is InChI=1S/C12H24/c1-10-6-5-7-11(10)8-9-12(2,3)4/h10-11H,5-9H2,1-4H3. The van der Waals surface area contributed by atoms with Crippen LogP contribution in [0.25, 0.3) is 0 Å². The van der Waals surface area contributed by atoms with Crippen molar-refractivity contribution in [2.24, 2.45) is 17.3 Å². The highest BCUT2D eigenvalue weighted by molar-refractivity contribution is 4.76. The fourth-order valence-electron chi connectivity index (χ4n) is 2.27. The highest BCUT2D eigenvalue weighted by Crippen LogP contribution is 2.36. The third-order valence-corrected chi connectivity index (χ3v) is 3.30. The summed E-state index contributed by atoms with van der Waals surface area (Å²) in [7, 11) is 0. The van der Waals surface area contributed by atoms with Crippen molar-refractivity contribution in [2.75, 3.05) is 0 Å². The Morgan fingerprint density at radius 3 is 2.25 bits per heavy atom. The number of hydrogen-bond donors (Lipinski definition) is 0. The predicted molar refractivity (Wildman–Crippen MR) is 55.2 cm³/mol. The summed E-state index contributed by atoms with van der Waals surface area (Å²) in [5, 5.41) is 0. The van der Waals surface area contributed by atoms with Gasteiger partial charge >= 0.3 is 0 Å². The van der Waals surface area contributed by atoms with E-state index in [9.17, 15) is 0 Å². The van der Waals surface area contributed by atoms with Crippen molar-refractivity contribution in [1.82, 2.24) is 0 Å². The van der Waals surface area contributed by atoms with Crippen LogP contribution in [0, 0.1) is 17.3 Å². The molecular weight excluding hydrogens is 144 g/mol. The average Bonchev–Trinajstić information content (AvgIpc) is 2.29. The topological polar surface area (TPSA) is 0 Å². The molecule has 0 aromatic heterocycles. The molecule has 1 rings (SSSR count). The maximum atomic E-state index is 2.43. The summed E-state index contributed by atoms with van der Waals surface area (Å²) in [4.78, 5) is 0. The van der Waals surface area contributed by atoms with Gasteiger partial charge in [0, 0.05) is 0 Å². The molecule has 0 bridgehead atoms. The van der Waals surface area contributed by atoms with Crippen LogP contribution in [0.4, 0.5) is 0 Å². The quantitative estimate of drug-likeness (QED) is 0.578. The van der Waals surface area contributed by atoms with Crippen molar-refractivity contribution < 1.29 is 0 Å². The van der Waals surface area contributed by atoms with Crippen LogP contribution in [0.1, 0.15) is 59.8 Å². The molecule has 12 heavy (non-hydrogen) atoms. The molecule has 1 fully saturated rings. The molecule has 0 heterocycles. The molecule has 0 N–H and O–H groups in total. The van der Waals surface area contributed by atoms with Crippen LogP contribution >= 0.6 is 0 Å². The minimum Gasteiger partial charge on any atom is -0.0622 e. The van der Waals surface area contributed by atoms with Crippen molar-refractivity contribution in [3.63, 3.8) is 0 Å². The molecule has 0 saturated heterocycles. The molecule has 1 aliphatic carbocycles. The van der Waals surface area contributed by atoms with Crippen LogP contribution in [0.2, 0.25) is 0 Å². The minimum absolute atomic E-state index is 0.544. The largest absolute Gasteiger partial charge is 0.0622 e. The SMILES string of the molecule is CC1CCCC1CCC(C)(C)C. The van der Waals surface area contributed by atoms with E-state index >= 15 is 0 Å². The smallest absolute Gasteiger partial charge is 0.0383 e. The van der Waals surface area contributed by atoms with Crippen LogP contribution < -0.4 is 0 Å². The molecule has 0 amide bonds. The van der Waals surface area contributed by atoms with Crippen molar-refractivity contribution in [3.8, 4) is 0 Å². The molecule has 72 valence electrons. The molecule has 0 aromatic rings.